The second-order valence-electron chi connectivity index (χ2n) is 11.9. The number of rotatable bonds is 4. The zero-order valence-corrected chi connectivity index (χ0v) is 24.6. The van der Waals surface area contributed by atoms with Crippen molar-refractivity contribution in [3.05, 3.63) is 84.8 Å². The smallest absolute Gasteiger partial charge is 0.162 e. The second-order valence-corrected chi connectivity index (χ2v) is 13.6. The average Bonchev–Trinajstić information content (AvgIpc) is 2.76. The van der Waals surface area contributed by atoms with Crippen molar-refractivity contribution in [3.63, 3.8) is 0 Å². The van der Waals surface area contributed by atoms with Crippen LogP contribution in [0.4, 0.5) is 4.39 Å². The molecule has 5 rings (SSSR count). The summed E-state index contributed by atoms with van der Waals surface area (Å²) in [5, 5.41) is 3.55. The van der Waals surface area contributed by atoms with Gasteiger partial charge in [-0.2, -0.15) is 0 Å². The molecule has 37 heavy (non-hydrogen) atoms. The standard InChI is InChI=1S/C30H30Br2FNO3/c1-29(2)11-21-26(23(35)13-29)25(27-22(34-21)12-30(3,4)14-24(27)36)17-9-18(31)28(19(32)10-17)37-15-16-7-5-6-8-20(16)33/h5-10,25,34H,11-15H2,1-4H3. The molecule has 0 bridgehead atoms. The van der Waals surface area contributed by atoms with Crippen LogP contribution in [0.25, 0.3) is 0 Å². The molecule has 0 amide bonds. The quantitative estimate of drug-likeness (QED) is 0.373. The van der Waals surface area contributed by atoms with Gasteiger partial charge >= 0.3 is 0 Å². The van der Waals surface area contributed by atoms with Crippen molar-refractivity contribution < 1.29 is 18.7 Å². The Kier molecular flexibility index (Phi) is 6.76. The molecule has 1 aliphatic heterocycles. The molecule has 0 spiro atoms. The van der Waals surface area contributed by atoms with E-state index < -0.39 is 5.92 Å². The summed E-state index contributed by atoms with van der Waals surface area (Å²) in [4.78, 5) is 27.1. The highest BCUT2D eigenvalue weighted by Crippen LogP contribution is 2.52. The molecular formula is C30H30Br2FNO3. The average molecular weight is 631 g/mol. The topological polar surface area (TPSA) is 55.4 Å². The third-order valence-corrected chi connectivity index (χ3v) is 8.58. The van der Waals surface area contributed by atoms with Gasteiger partial charge in [-0.15, -0.1) is 0 Å². The third-order valence-electron chi connectivity index (χ3n) is 7.40. The fourth-order valence-corrected chi connectivity index (χ4v) is 7.32. The molecule has 0 saturated carbocycles. The lowest BCUT2D eigenvalue weighted by molar-refractivity contribution is -0.119. The normalized spacial score (nSPS) is 20.9. The lowest BCUT2D eigenvalue weighted by Crippen LogP contribution is -2.42. The number of carbonyl (C=O) groups is 2. The summed E-state index contributed by atoms with van der Waals surface area (Å²) >= 11 is 7.27. The van der Waals surface area contributed by atoms with Crippen LogP contribution >= 0.6 is 31.9 Å². The predicted molar refractivity (Wildman–Crippen MR) is 149 cm³/mol. The number of carbonyl (C=O) groups excluding carboxylic acids is 2. The van der Waals surface area contributed by atoms with Gasteiger partial charge in [0.15, 0.2) is 11.6 Å². The highest BCUT2D eigenvalue weighted by molar-refractivity contribution is 9.11. The Hall–Kier alpha value is -2.25. The van der Waals surface area contributed by atoms with Crippen molar-refractivity contribution in [3.8, 4) is 5.75 Å². The number of allylic oxidation sites excluding steroid dienone is 4. The molecule has 7 heteroatoms. The molecule has 1 N–H and O–H groups in total. The molecule has 0 atom stereocenters. The van der Waals surface area contributed by atoms with Gasteiger partial charge in [-0.3, -0.25) is 9.59 Å². The van der Waals surface area contributed by atoms with Gasteiger partial charge in [0.25, 0.3) is 0 Å². The van der Waals surface area contributed by atoms with E-state index in [1.54, 1.807) is 18.2 Å². The molecule has 0 fully saturated rings. The molecule has 0 saturated heterocycles. The van der Waals surface area contributed by atoms with Crippen LogP contribution in [0.1, 0.15) is 70.4 Å². The van der Waals surface area contributed by atoms with Crippen LogP contribution in [0.3, 0.4) is 0 Å². The summed E-state index contributed by atoms with van der Waals surface area (Å²) in [5.41, 5.74) is 4.27. The predicted octanol–water partition coefficient (Wildman–Crippen LogP) is 7.90. The maximum absolute atomic E-state index is 14.1. The minimum Gasteiger partial charge on any atom is -0.486 e. The van der Waals surface area contributed by atoms with Crippen molar-refractivity contribution >= 4 is 43.4 Å². The van der Waals surface area contributed by atoms with Crippen molar-refractivity contribution in [2.45, 2.75) is 65.9 Å². The number of Topliss-reactive ketones (excluding diaryl/α,β-unsaturated/α-hetero) is 2. The molecule has 2 aromatic carbocycles. The van der Waals surface area contributed by atoms with Crippen LogP contribution < -0.4 is 10.1 Å². The molecule has 3 aliphatic rings. The molecule has 0 aromatic heterocycles. The Labute approximate surface area is 234 Å². The van der Waals surface area contributed by atoms with Crippen LogP contribution in [0.2, 0.25) is 0 Å². The fourth-order valence-electron chi connectivity index (χ4n) is 5.87. The van der Waals surface area contributed by atoms with E-state index in [1.807, 2.05) is 12.1 Å². The van der Waals surface area contributed by atoms with Gasteiger partial charge in [-0.25, -0.2) is 4.39 Å². The monoisotopic (exact) mass is 629 g/mol. The zero-order chi connectivity index (χ0) is 26.7. The number of benzene rings is 2. The molecule has 0 unspecified atom stereocenters. The number of nitrogens with one attached hydrogen (secondary N) is 1. The van der Waals surface area contributed by atoms with Crippen molar-refractivity contribution in [1.29, 1.82) is 0 Å². The SMILES string of the molecule is CC1(C)CC(=O)C2=C(C1)NC1=C(C(=O)CC(C)(C)C1)C2c1cc(Br)c(OCc2ccccc2F)c(Br)c1. The Morgan fingerprint density at radius 3 is 1.92 bits per heavy atom. The van der Waals surface area contributed by atoms with E-state index in [1.165, 1.54) is 6.07 Å². The first kappa shape index (κ1) is 26.4. The van der Waals surface area contributed by atoms with E-state index >= 15 is 0 Å². The summed E-state index contributed by atoms with van der Waals surface area (Å²) in [5.74, 6) is -0.0548. The number of hydrogen-bond donors (Lipinski definition) is 1. The number of ketones is 2. The molecule has 4 nitrogen and oxygen atoms in total. The molecular weight excluding hydrogens is 601 g/mol. The number of hydrogen-bond acceptors (Lipinski definition) is 4. The number of halogens is 3. The minimum absolute atomic E-state index is 0.0717. The zero-order valence-electron chi connectivity index (χ0n) is 21.4. The van der Waals surface area contributed by atoms with Crippen molar-refractivity contribution in [1.82, 2.24) is 5.32 Å². The molecule has 2 aliphatic carbocycles. The molecule has 2 aromatic rings. The molecule has 1 heterocycles. The highest BCUT2D eigenvalue weighted by Gasteiger charge is 2.46. The second kappa shape index (κ2) is 9.49. The first-order valence-electron chi connectivity index (χ1n) is 12.5. The molecule has 194 valence electrons. The van der Waals surface area contributed by atoms with Crippen molar-refractivity contribution in [2.75, 3.05) is 0 Å². The number of dihydropyridines is 1. The van der Waals surface area contributed by atoms with Crippen LogP contribution in [-0.2, 0) is 16.2 Å². The third kappa shape index (κ3) is 5.09. The summed E-state index contributed by atoms with van der Waals surface area (Å²) in [6.07, 6.45) is 2.39. The summed E-state index contributed by atoms with van der Waals surface area (Å²) in [6.45, 7) is 8.52. The van der Waals surface area contributed by atoms with Gasteiger partial charge in [-0.1, -0.05) is 45.9 Å². The Morgan fingerprint density at radius 2 is 1.41 bits per heavy atom. The van der Waals surface area contributed by atoms with Gasteiger partial charge in [-0.05, 0) is 79.3 Å². The first-order valence-corrected chi connectivity index (χ1v) is 14.1. The first-order chi connectivity index (χ1) is 17.3. The van der Waals surface area contributed by atoms with E-state index in [0.29, 0.717) is 44.2 Å². The van der Waals surface area contributed by atoms with Crippen LogP contribution in [-0.4, -0.2) is 11.6 Å². The van der Waals surface area contributed by atoms with E-state index in [-0.39, 0.29) is 34.8 Å². The fraction of sp³-hybridized carbons (Fsp3) is 0.400. The molecule has 0 radical (unpaired) electrons. The Bertz CT molecular complexity index is 1310. The lowest BCUT2D eigenvalue weighted by atomic mass is 9.64. The van der Waals surface area contributed by atoms with E-state index in [9.17, 15) is 14.0 Å². The maximum Gasteiger partial charge on any atom is 0.162 e. The Balaban J connectivity index is 1.58. The van der Waals surface area contributed by atoms with Crippen LogP contribution in [0, 0.1) is 16.6 Å². The lowest BCUT2D eigenvalue weighted by Gasteiger charge is -2.44. The van der Waals surface area contributed by atoms with E-state index in [2.05, 4.69) is 64.9 Å². The van der Waals surface area contributed by atoms with Gasteiger partial charge in [0.2, 0.25) is 0 Å². The van der Waals surface area contributed by atoms with Crippen LogP contribution in [0.15, 0.2) is 67.9 Å². The van der Waals surface area contributed by atoms with Gasteiger partial charge in [0, 0.05) is 46.9 Å². The Morgan fingerprint density at radius 1 is 0.892 bits per heavy atom. The minimum atomic E-state index is -0.438. The largest absolute Gasteiger partial charge is 0.486 e. The maximum atomic E-state index is 14.1. The summed E-state index contributed by atoms with van der Waals surface area (Å²) < 4.78 is 21.4. The van der Waals surface area contributed by atoms with Gasteiger partial charge < -0.3 is 10.1 Å². The van der Waals surface area contributed by atoms with E-state index in [4.69, 9.17) is 4.74 Å². The van der Waals surface area contributed by atoms with Gasteiger partial charge in [0.1, 0.15) is 18.2 Å². The van der Waals surface area contributed by atoms with Gasteiger partial charge in [0.05, 0.1) is 8.95 Å². The van der Waals surface area contributed by atoms with E-state index in [0.717, 1.165) is 29.8 Å². The van der Waals surface area contributed by atoms with Crippen molar-refractivity contribution in [2.24, 2.45) is 10.8 Å². The summed E-state index contributed by atoms with van der Waals surface area (Å²) in [7, 11) is 0. The van der Waals surface area contributed by atoms with Crippen LogP contribution in [0.5, 0.6) is 5.75 Å². The highest BCUT2D eigenvalue weighted by atomic mass is 79.9. The summed E-state index contributed by atoms with van der Waals surface area (Å²) in [6, 6.07) is 10.4. The number of ether oxygens (including phenoxy) is 1.